The maximum atomic E-state index is 12.8. The van der Waals surface area contributed by atoms with E-state index in [2.05, 4.69) is 32.2 Å². The number of aromatic nitrogens is 3. The lowest BCUT2D eigenvalue weighted by Gasteiger charge is -2.19. The van der Waals surface area contributed by atoms with Gasteiger partial charge in [-0.15, -0.1) is 10.2 Å². The predicted octanol–water partition coefficient (Wildman–Crippen LogP) is 4.09. The molecule has 2 aromatic carbocycles. The molecule has 1 aliphatic carbocycles. The third-order valence-electron chi connectivity index (χ3n) is 5.33. The number of thioether (sulfide) groups is 1. The quantitative estimate of drug-likeness (QED) is 0.562. The van der Waals surface area contributed by atoms with Crippen LogP contribution in [0.2, 0.25) is 0 Å². The van der Waals surface area contributed by atoms with E-state index >= 15 is 0 Å². The molecule has 2 heterocycles. The summed E-state index contributed by atoms with van der Waals surface area (Å²) in [6, 6.07) is 15.7. The molecule has 160 valence electrons. The number of nitrogens with one attached hydrogen (secondary N) is 1. The van der Waals surface area contributed by atoms with Crippen LogP contribution in [-0.2, 0) is 11.3 Å². The second kappa shape index (κ2) is 8.63. The minimum atomic E-state index is -0.334. The van der Waals surface area contributed by atoms with E-state index in [0.29, 0.717) is 42.9 Å². The molecule has 1 saturated carbocycles. The minimum Gasteiger partial charge on any atom is -0.486 e. The molecule has 5 rings (SSSR count). The number of ether oxygens (including phenoxy) is 2. The standard InChI is InChI=1S/C23H24N4O3S/c1-15(22(28)24-18-9-10-19-20(13-18)30-12-11-29-19)31-23-26-25-21(17-7-8-17)27(23)14-16-5-3-2-4-6-16/h2-6,9-10,13,15,17H,7-8,11-12,14H2,1H3,(H,24,28)/t15-/m1/s1. The highest BCUT2D eigenvalue weighted by Gasteiger charge is 2.31. The van der Waals surface area contributed by atoms with E-state index in [1.165, 1.54) is 17.3 Å². The number of benzene rings is 2. The Morgan fingerprint density at radius 3 is 2.68 bits per heavy atom. The summed E-state index contributed by atoms with van der Waals surface area (Å²) in [5, 5.41) is 12.3. The fourth-order valence-corrected chi connectivity index (χ4v) is 4.38. The molecule has 2 aliphatic rings. The van der Waals surface area contributed by atoms with Crippen molar-refractivity contribution in [3.05, 3.63) is 59.9 Å². The molecule has 1 atom stereocenters. The van der Waals surface area contributed by atoms with Gasteiger partial charge in [-0.25, -0.2) is 0 Å². The van der Waals surface area contributed by atoms with Crippen LogP contribution in [0.15, 0.2) is 53.7 Å². The maximum absolute atomic E-state index is 12.8. The van der Waals surface area contributed by atoms with Crippen molar-refractivity contribution in [1.29, 1.82) is 0 Å². The first-order valence-electron chi connectivity index (χ1n) is 10.5. The van der Waals surface area contributed by atoms with Crippen molar-refractivity contribution < 1.29 is 14.3 Å². The molecule has 0 unspecified atom stereocenters. The van der Waals surface area contributed by atoms with Gasteiger partial charge in [0.1, 0.15) is 19.0 Å². The zero-order chi connectivity index (χ0) is 21.2. The fraction of sp³-hybridized carbons (Fsp3) is 0.348. The molecular formula is C23H24N4O3S. The molecule has 3 aromatic rings. The maximum Gasteiger partial charge on any atom is 0.237 e. The number of carbonyl (C=O) groups excluding carboxylic acids is 1. The highest BCUT2D eigenvalue weighted by atomic mass is 32.2. The zero-order valence-electron chi connectivity index (χ0n) is 17.3. The minimum absolute atomic E-state index is 0.0936. The largest absolute Gasteiger partial charge is 0.486 e. The average Bonchev–Trinajstić information content (AvgIpc) is 3.57. The van der Waals surface area contributed by atoms with Crippen molar-refractivity contribution >= 4 is 23.4 Å². The van der Waals surface area contributed by atoms with Gasteiger partial charge in [-0.05, 0) is 37.5 Å². The Hall–Kier alpha value is -3.00. The molecule has 0 saturated heterocycles. The van der Waals surface area contributed by atoms with E-state index < -0.39 is 0 Å². The molecule has 0 spiro atoms. The summed E-state index contributed by atoms with van der Waals surface area (Å²) in [6.45, 7) is 3.64. The molecule has 1 aliphatic heterocycles. The molecular weight excluding hydrogens is 412 g/mol. The fourth-order valence-electron chi connectivity index (χ4n) is 3.52. The molecule has 1 N–H and O–H groups in total. The monoisotopic (exact) mass is 436 g/mol. The third-order valence-corrected chi connectivity index (χ3v) is 6.41. The van der Waals surface area contributed by atoms with Crippen LogP contribution >= 0.6 is 11.8 Å². The second-order valence-corrected chi connectivity index (χ2v) is 9.10. The van der Waals surface area contributed by atoms with Crippen molar-refractivity contribution in [3.63, 3.8) is 0 Å². The summed E-state index contributed by atoms with van der Waals surface area (Å²) in [6.07, 6.45) is 2.30. The third kappa shape index (κ3) is 4.54. The highest BCUT2D eigenvalue weighted by molar-refractivity contribution is 8.00. The molecule has 0 bridgehead atoms. The first-order chi connectivity index (χ1) is 15.2. The van der Waals surface area contributed by atoms with Gasteiger partial charge in [0.15, 0.2) is 16.7 Å². The van der Waals surface area contributed by atoms with Crippen LogP contribution in [-0.4, -0.2) is 39.1 Å². The Morgan fingerprint density at radius 2 is 1.90 bits per heavy atom. The number of fused-ring (bicyclic) bond motifs is 1. The highest BCUT2D eigenvalue weighted by Crippen LogP contribution is 2.40. The van der Waals surface area contributed by atoms with Crippen molar-refractivity contribution in [2.45, 2.75) is 42.6 Å². The summed E-state index contributed by atoms with van der Waals surface area (Å²) >= 11 is 1.43. The lowest BCUT2D eigenvalue weighted by Crippen LogP contribution is -2.23. The summed E-state index contributed by atoms with van der Waals surface area (Å²) < 4.78 is 13.3. The van der Waals surface area contributed by atoms with Crippen molar-refractivity contribution in [1.82, 2.24) is 14.8 Å². The second-order valence-electron chi connectivity index (χ2n) is 7.79. The summed E-state index contributed by atoms with van der Waals surface area (Å²) in [5.74, 6) is 2.76. The van der Waals surface area contributed by atoms with Gasteiger partial charge in [-0.3, -0.25) is 4.79 Å². The van der Waals surface area contributed by atoms with Crippen LogP contribution in [0, 0.1) is 0 Å². The van der Waals surface area contributed by atoms with Gasteiger partial charge in [0, 0.05) is 17.7 Å². The average molecular weight is 437 g/mol. The van der Waals surface area contributed by atoms with Crippen LogP contribution in [0.3, 0.4) is 0 Å². The Kier molecular flexibility index (Phi) is 5.55. The van der Waals surface area contributed by atoms with Crippen LogP contribution in [0.25, 0.3) is 0 Å². The summed E-state index contributed by atoms with van der Waals surface area (Å²) in [7, 11) is 0. The van der Waals surface area contributed by atoms with Crippen molar-refractivity contribution in [2.75, 3.05) is 18.5 Å². The number of hydrogen-bond donors (Lipinski definition) is 1. The van der Waals surface area contributed by atoms with Gasteiger partial charge < -0.3 is 19.4 Å². The number of hydrogen-bond acceptors (Lipinski definition) is 6. The number of amides is 1. The van der Waals surface area contributed by atoms with Crippen LogP contribution in [0.5, 0.6) is 11.5 Å². The van der Waals surface area contributed by atoms with E-state index in [4.69, 9.17) is 9.47 Å². The molecule has 0 radical (unpaired) electrons. The molecule has 1 aromatic heterocycles. The topological polar surface area (TPSA) is 78.3 Å². The van der Waals surface area contributed by atoms with Gasteiger partial charge in [0.2, 0.25) is 5.91 Å². The van der Waals surface area contributed by atoms with Crippen molar-refractivity contribution in [3.8, 4) is 11.5 Å². The van der Waals surface area contributed by atoms with E-state index in [0.717, 1.165) is 23.8 Å². The SMILES string of the molecule is C[C@@H](Sc1nnc(C2CC2)n1Cc1ccccc1)C(=O)Nc1ccc2c(c1)OCCO2. The lowest BCUT2D eigenvalue weighted by atomic mass is 10.2. The van der Waals surface area contributed by atoms with Gasteiger partial charge in [-0.1, -0.05) is 42.1 Å². The zero-order valence-corrected chi connectivity index (χ0v) is 18.1. The van der Waals surface area contributed by atoms with E-state index in [9.17, 15) is 4.79 Å². The summed E-state index contributed by atoms with van der Waals surface area (Å²) in [4.78, 5) is 12.8. The van der Waals surface area contributed by atoms with Crippen LogP contribution < -0.4 is 14.8 Å². The first-order valence-corrected chi connectivity index (χ1v) is 11.4. The number of nitrogens with zero attached hydrogens (tertiary/aromatic N) is 3. The molecule has 8 heteroatoms. The summed E-state index contributed by atoms with van der Waals surface area (Å²) in [5.41, 5.74) is 1.88. The van der Waals surface area contributed by atoms with Crippen LogP contribution in [0.4, 0.5) is 5.69 Å². The predicted molar refractivity (Wildman–Crippen MR) is 119 cm³/mol. The van der Waals surface area contributed by atoms with Gasteiger partial charge >= 0.3 is 0 Å². The Labute approximate surface area is 185 Å². The molecule has 1 amide bonds. The van der Waals surface area contributed by atoms with E-state index in [1.807, 2.05) is 37.3 Å². The Morgan fingerprint density at radius 1 is 1.13 bits per heavy atom. The lowest BCUT2D eigenvalue weighted by molar-refractivity contribution is -0.115. The van der Waals surface area contributed by atoms with Gasteiger partial charge in [-0.2, -0.15) is 0 Å². The van der Waals surface area contributed by atoms with Crippen molar-refractivity contribution in [2.24, 2.45) is 0 Å². The van der Waals surface area contributed by atoms with E-state index in [1.54, 1.807) is 6.07 Å². The first kappa shape index (κ1) is 19.9. The Bertz CT molecular complexity index is 1080. The number of anilines is 1. The van der Waals surface area contributed by atoms with E-state index in [-0.39, 0.29) is 11.2 Å². The molecule has 7 nitrogen and oxygen atoms in total. The number of rotatable bonds is 7. The molecule has 31 heavy (non-hydrogen) atoms. The smallest absolute Gasteiger partial charge is 0.237 e. The molecule has 1 fully saturated rings. The van der Waals surface area contributed by atoms with Gasteiger partial charge in [0.25, 0.3) is 0 Å². The van der Waals surface area contributed by atoms with Crippen LogP contribution in [0.1, 0.15) is 37.1 Å². The number of carbonyl (C=O) groups is 1. The normalized spacial score (nSPS) is 16.0. The van der Waals surface area contributed by atoms with Gasteiger partial charge in [0.05, 0.1) is 11.8 Å². The Balaban J connectivity index is 1.29.